The minimum Gasteiger partial charge on any atom is -0.382 e. The zero-order valence-corrected chi connectivity index (χ0v) is 15.3. The molecule has 8 nitrogen and oxygen atoms in total. The van der Waals surface area contributed by atoms with Gasteiger partial charge in [0, 0.05) is 42.7 Å². The van der Waals surface area contributed by atoms with Crippen molar-refractivity contribution in [3.05, 3.63) is 60.7 Å². The van der Waals surface area contributed by atoms with Crippen molar-refractivity contribution in [1.82, 2.24) is 25.3 Å². The molecule has 0 radical (unpaired) electrons. The summed E-state index contributed by atoms with van der Waals surface area (Å²) in [6.45, 7) is 1.58. The average Bonchev–Trinajstić information content (AvgIpc) is 2.75. The summed E-state index contributed by atoms with van der Waals surface area (Å²) in [4.78, 5) is 31.8. The molecule has 1 aromatic carbocycles. The maximum Gasteiger partial charge on any atom is 0.251 e. The van der Waals surface area contributed by atoms with Crippen LogP contribution in [0.25, 0.3) is 11.3 Å². The van der Waals surface area contributed by atoms with Crippen LogP contribution in [0.3, 0.4) is 0 Å². The Morgan fingerprint density at radius 2 is 1.96 bits per heavy atom. The SMILES string of the molecule is Nc1cnc(-c2cccc(C(=O)N[C@H]3CCCN(c4ncccn4)C3)c2)cn1. The monoisotopic (exact) mass is 375 g/mol. The summed E-state index contributed by atoms with van der Waals surface area (Å²) >= 11 is 0. The van der Waals surface area contributed by atoms with Gasteiger partial charge in [-0.1, -0.05) is 12.1 Å². The number of carbonyl (C=O) groups excluding carboxylic acids is 1. The summed E-state index contributed by atoms with van der Waals surface area (Å²) in [5, 5.41) is 3.13. The summed E-state index contributed by atoms with van der Waals surface area (Å²) in [5.41, 5.74) is 7.67. The maximum absolute atomic E-state index is 12.8. The van der Waals surface area contributed by atoms with Crippen LogP contribution in [0.2, 0.25) is 0 Å². The molecule has 2 aromatic heterocycles. The third kappa shape index (κ3) is 4.06. The summed E-state index contributed by atoms with van der Waals surface area (Å²) in [6, 6.07) is 9.19. The lowest BCUT2D eigenvalue weighted by Gasteiger charge is -2.33. The van der Waals surface area contributed by atoms with E-state index >= 15 is 0 Å². The van der Waals surface area contributed by atoms with E-state index in [1.54, 1.807) is 30.7 Å². The van der Waals surface area contributed by atoms with E-state index in [-0.39, 0.29) is 11.9 Å². The molecular weight excluding hydrogens is 354 g/mol. The summed E-state index contributed by atoms with van der Waals surface area (Å²) in [6.07, 6.45) is 8.48. The number of rotatable bonds is 4. The van der Waals surface area contributed by atoms with Crippen LogP contribution < -0.4 is 16.0 Å². The molecule has 1 amide bonds. The maximum atomic E-state index is 12.8. The topological polar surface area (TPSA) is 110 Å². The van der Waals surface area contributed by atoms with E-state index in [9.17, 15) is 4.79 Å². The first kappa shape index (κ1) is 17.8. The standard InChI is InChI=1S/C20H21N7O/c21-18-12-24-17(11-25-18)14-4-1-5-15(10-14)19(28)26-16-6-2-9-27(13-16)20-22-7-3-8-23-20/h1,3-5,7-8,10-12,16H,2,6,9,13H2,(H2,21,25)(H,26,28)/t16-/m0/s1. The Bertz CT molecular complexity index is 946. The quantitative estimate of drug-likeness (QED) is 0.717. The number of nitrogens with zero attached hydrogens (tertiary/aromatic N) is 5. The second-order valence-electron chi connectivity index (χ2n) is 6.71. The van der Waals surface area contributed by atoms with Gasteiger partial charge in [0.05, 0.1) is 18.1 Å². The van der Waals surface area contributed by atoms with Crippen LogP contribution in [-0.2, 0) is 0 Å². The molecule has 0 aliphatic carbocycles. The number of hydrogen-bond acceptors (Lipinski definition) is 7. The molecule has 0 spiro atoms. The van der Waals surface area contributed by atoms with Crippen LogP contribution in [0.1, 0.15) is 23.2 Å². The molecule has 1 aliphatic rings. The van der Waals surface area contributed by atoms with Gasteiger partial charge < -0.3 is 16.0 Å². The second-order valence-corrected chi connectivity index (χ2v) is 6.71. The zero-order valence-electron chi connectivity index (χ0n) is 15.3. The minimum atomic E-state index is -0.105. The van der Waals surface area contributed by atoms with Gasteiger partial charge in [0.25, 0.3) is 5.91 Å². The van der Waals surface area contributed by atoms with Crippen LogP contribution >= 0.6 is 0 Å². The molecule has 1 fully saturated rings. The Labute approximate surface area is 162 Å². The van der Waals surface area contributed by atoms with E-state index in [0.29, 0.717) is 29.6 Å². The number of nitrogens with two attached hydrogens (primary N) is 1. The fourth-order valence-corrected chi connectivity index (χ4v) is 3.31. The lowest BCUT2D eigenvalue weighted by Crippen LogP contribution is -2.48. The molecule has 28 heavy (non-hydrogen) atoms. The number of carbonyl (C=O) groups is 1. The summed E-state index contributed by atoms with van der Waals surface area (Å²) < 4.78 is 0. The fourth-order valence-electron chi connectivity index (χ4n) is 3.31. The lowest BCUT2D eigenvalue weighted by molar-refractivity contribution is 0.0933. The van der Waals surface area contributed by atoms with Gasteiger partial charge in [-0.3, -0.25) is 9.78 Å². The van der Waals surface area contributed by atoms with Crippen LogP contribution in [-0.4, -0.2) is 45.0 Å². The molecule has 3 N–H and O–H groups in total. The van der Waals surface area contributed by atoms with E-state index in [0.717, 1.165) is 24.9 Å². The Morgan fingerprint density at radius 1 is 1.11 bits per heavy atom. The third-order valence-electron chi connectivity index (χ3n) is 4.68. The normalized spacial score (nSPS) is 16.6. The molecule has 1 atom stereocenters. The first-order chi connectivity index (χ1) is 13.7. The smallest absolute Gasteiger partial charge is 0.251 e. The first-order valence-corrected chi connectivity index (χ1v) is 9.20. The molecular formula is C20H21N7O. The van der Waals surface area contributed by atoms with Crippen LogP contribution in [0, 0.1) is 0 Å². The first-order valence-electron chi connectivity index (χ1n) is 9.20. The van der Waals surface area contributed by atoms with E-state index in [2.05, 4.69) is 30.2 Å². The molecule has 142 valence electrons. The van der Waals surface area contributed by atoms with E-state index in [1.807, 2.05) is 18.2 Å². The predicted molar refractivity (Wildman–Crippen MR) is 107 cm³/mol. The highest BCUT2D eigenvalue weighted by molar-refractivity contribution is 5.95. The average molecular weight is 375 g/mol. The van der Waals surface area contributed by atoms with Gasteiger partial charge in [-0.05, 0) is 31.0 Å². The minimum absolute atomic E-state index is 0.0463. The van der Waals surface area contributed by atoms with Crippen molar-refractivity contribution in [2.45, 2.75) is 18.9 Å². The fraction of sp³-hybridized carbons (Fsp3) is 0.250. The number of nitrogen functional groups attached to an aromatic ring is 1. The van der Waals surface area contributed by atoms with Crippen LogP contribution in [0.15, 0.2) is 55.1 Å². The number of benzene rings is 1. The number of hydrogen-bond donors (Lipinski definition) is 2. The van der Waals surface area contributed by atoms with Crippen molar-refractivity contribution >= 4 is 17.7 Å². The second kappa shape index (κ2) is 7.99. The summed E-state index contributed by atoms with van der Waals surface area (Å²) in [7, 11) is 0. The van der Waals surface area contributed by atoms with Crippen molar-refractivity contribution in [1.29, 1.82) is 0 Å². The molecule has 8 heteroatoms. The highest BCUT2D eigenvalue weighted by Crippen LogP contribution is 2.19. The Kier molecular flexibility index (Phi) is 5.09. The number of anilines is 2. The lowest BCUT2D eigenvalue weighted by atomic mass is 10.0. The van der Waals surface area contributed by atoms with E-state index in [4.69, 9.17) is 5.73 Å². The van der Waals surface area contributed by atoms with Gasteiger partial charge in [-0.15, -0.1) is 0 Å². The van der Waals surface area contributed by atoms with Gasteiger partial charge in [0.1, 0.15) is 5.82 Å². The highest BCUT2D eigenvalue weighted by Gasteiger charge is 2.23. The zero-order chi connectivity index (χ0) is 19.3. The Morgan fingerprint density at radius 3 is 2.75 bits per heavy atom. The van der Waals surface area contributed by atoms with Crippen molar-refractivity contribution in [3.63, 3.8) is 0 Å². The molecule has 0 unspecified atom stereocenters. The molecule has 4 rings (SSSR count). The van der Waals surface area contributed by atoms with E-state index in [1.165, 1.54) is 6.20 Å². The molecule has 3 aromatic rings. The van der Waals surface area contributed by atoms with Gasteiger partial charge in [0.15, 0.2) is 0 Å². The van der Waals surface area contributed by atoms with Gasteiger partial charge in [-0.2, -0.15) is 0 Å². The predicted octanol–water partition coefficient (Wildman–Crippen LogP) is 1.91. The van der Waals surface area contributed by atoms with Crippen molar-refractivity contribution < 1.29 is 4.79 Å². The number of nitrogens with one attached hydrogen (secondary N) is 1. The van der Waals surface area contributed by atoms with Crippen LogP contribution in [0.5, 0.6) is 0 Å². The number of piperidine rings is 1. The Balaban J connectivity index is 1.45. The number of amides is 1. The Hall–Kier alpha value is -3.55. The van der Waals surface area contributed by atoms with Gasteiger partial charge >= 0.3 is 0 Å². The molecule has 1 aliphatic heterocycles. The molecule has 0 bridgehead atoms. The molecule has 1 saturated heterocycles. The molecule has 0 saturated carbocycles. The number of aromatic nitrogens is 4. The third-order valence-corrected chi connectivity index (χ3v) is 4.68. The van der Waals surface area contributed by atoms with Crippen LogP contribution in [0.4, 0.5) is 11.8 Å². The van der Waals surface area contributed by atoms with Gasteiger partial charge in [0.2, 0.25) is 5.95 Å². The summed E-state index contributed by atoms with van der Waals surface area (Å²) in [5.74, 6) is 0.957. The van der Waals surface area contributed by atoms with Gasteiger partial charge in [-0.25, -0.2) is 15.0 Å². The largest absolute Gasteiger partial charge is 0.382 e. The van der Waals surface area contributed by atoms with Crippen molar-refractivity contribution in [2.24, 2.45) is 0 Å². The van der Waals surface area contributed by atoms with Crippen molar-refractivity contribution in [2.75, 3.05) is 23.7 Å². The van der Waals surface area contributed by atoms with Crippen molar-refractivity contribution in [3.8, 4) is 11.3 Å². The molecule has 3 heterocycles. The highest BCUT2D eigenvalue weighted by atomic mass is 16.1. The van der Waals surface area contributed by atoms with E-state index < -0.39 is 0 Å².